The number of hydrogen-bond acceptors (Lipinski definition) is 3. The molecule has 0 aromatic rings. The molecule has 116 valence electrons. The zero-order chi connectivity index (χ0) is 15.3. The Morgan fingerprint density at radius 1 is 1.30 bits per heavy atom. The Hall–Kier alpha value is -1.30. The van der Waals surface area contributed by atoms with Crippen molar-refractivity contribution in [1.82, 2.24) is 9.80 Å². The van der Waals surface area contributed by atoms with Gasteiger partial charge in [-0.25, -0.2) is 4.79 Å². The zero-order valence-corrected chi connectivity index (χ0v) is 12.8. The van der Waals surface area contributed by atoms with Crippen molar-refractivity contribution in [3.05, 3.63) is 0 Å². The number of aliphatic carboxylic acids is 1. The Labute approximate surface area is 120 Å². The number of ether oxygens (including phenoxy) is 1. The number of nitrogens with zero attached hydrogens (tertiary/aromatic N) is 2. The Morgan fingerprint density at radius 2 is 1.85 bits per heavy atom. The highest BCUT2D eigenvalue weighted by Gasteiger charge is 2.29. The van der Waals surface area contributed by atoms with Crippen LogP contribution in [0.25, 0.3) is 0 Å². The van der Waals surface area contributed by atoms with Crippen LogP contribution in [-0.2, 0) is 9.53 Å². The van der Waals surface area contributed by atoms with E-state index in [2.05, 4.69) is 0 Å². The van der Waals surface area contributed by atoms with Crippen LogP contribution in [0.2, 0.25) is 0 Å². The summed E-state index contributed by atoms with van der Waals surface area (Å²) in [5.41, 5.74) is 0. The molecule has 6 heteroatoms. The van der Waals surface area contributed by atoms with E-state index < -0.39 is 5.97 Å². The average Bonchev–Trinajstić information content (AvgIpc) is 2.31. The van der Waals surface area contributed by atoms with E-state index in [1.165, 1.54) is 0 Å². The van der Waals surface area contributed by atoms with E-state index >= 15 is 0 Å². The van der Waals surface area contributed by atoms with Crippen molar-refractivity contribution < 1.29 is 19.4 Å². The van der Waals surface area contributed by atoms with Gasteiger partial charge in [0.2, 0.25) is 0 Å². The molecule has 0 aliphatic carbocycles. The number of carbonyl (C=O) groups excluding carboxylic acids is 1. The Kier molecular flexibility index (Phi) is 6.26. The SMILES string of the molecule is CC(C)N(CCCC(=O)O)C(=O)N1C[C@@H](C)O[C@@H](C)C1. The highest BCUT2D eigenvalue weighted by atomic mass is 16.5. The summed E-state index contributed by atoms with van der Waals surface area (Å²) in [6.45, 7) is 9.47. The number of carboxylic acid groups (broad SMARTS) is 1. The summed E-state index contributed by atoms with van der Waals surface area (Å²) >= 11 is 0. The number of morpholine rings is 1. The minimum absolute atomic E-state index is 0.0209. The number of amides is 2. The van der Waals surface area contributed by atoms with Gasteiger partial charge in [0, 0.05) is 32.1 Å². The van der Waals surface area contributed by atoms with Gasteiger partial charge in [0.1, 0.15) is 0 Å². The molecule has 0 radical (unpaired) electrons. The van der Waals surface area contributed by atoms with Gasteiger partial charge in [0.05, 0.1) is 12.2 Å². The highest BCUT2D eigenvalue weighted by Crippen LogP contribution is 2.14. The van der Waals surface area contributed by atoms with Gasteiger partial charge in [-0.15, -0.1) is 0 Å². The quantitative estimate of drug-likeness (QED) is 0.836. The molecule has 1 fully saturated rings. The maximum Gasteiger partial charge on any atom is 0.320 e. The molecule has 1 aliphatic heterocycles. The second kappa shape index (κ2) is 7.47. The van der Waals surface area contributed by atoms with Crippen molar-refractivity contribution in [2.75, 3.05) is 19.6 Å². The van der Waals surface area contributed by atoms with Crippen LogP contribution in [0.3, 0.4) is 0 Å². The molecule has 0 unspecified atom stereocenters. The largest absolute Gasteiger partial charge is 0.481 e. The molecule has 0 bridgehead atoms. The summed E-state index contributed by atoms with van der Waals surface area (Å²) in [5, 5.41) is 8.69. The van der Waals surface area contributed by atoms with Gasteiger partial charge in [-0.3, -0.25) is 4.79 Å². The lowest BCUT2D eigenvalue weighted by Crippen LogP contribution is -2.54. The minimum Gasteiger partial charge on any atom is -0.481 e. The van der Waals surface area contributed by atoms with Crippen LogP contribution < -0.4 is 0 Å². The van der Waals surface area contributed by atoms with Gasteiger partial charge < -0.3 is 19.6 Å². The third-order valence-electron chi connectivity index (χ3n) is 3.35. The van der Waals surface area contributed by atoms with Crippen LogP contribution in [-0.4, -0.2) is 64.8 Å². The fourth-order valence-electron chi connectivity index (χ4n) is 2.49. The van der Waals surface area contributed by atoms with Gasteiger partial charge in [-0.2, -0.15) is 0 Å². The Bertz CT molecular complexity index is 336. The normalized spacial score (nSPS) is 22.9. The van der Waals surface area contributed by atoms with E-state index in [1.54, 1.807) is 9.80 Å². The van der Waals surface area contributed by atoms with Crippen LogP contribution in [0, 0.1) is 0 Å². The molecule has 2 atom stereocenters. The molecule has 0 aromatic heterocycles. The van der Waals surface area contributed by atoms with E-state index in [9.17, 15) is 9.59 Å². The van der Waals surface area contributed by atoms with E-state index in [-0.39, 0.29) is 30.7 Å². The first-order chi connectivity index (χ1) is 9.31. The molecule has 1 saturated heterocycles. The van der Waals surface area contributed by atoms with Crippen LogP contribution in [0.1, 0.15) is 40.5 Å². The first-order valence-electron chi connectivity index (χ1n) is 7.24. The Balaban J connectivity index is 2.61. The molecule has 20 heavy (non-hydrogen) atoms. The van der Waals surface area contributed by atoms with E-state index in [0.717, 1.165) is 0 Å². The number of rotatable bonds is 5. The molecule has 0 aromatic carbocycles. The van der Waals surface area contributed by atoms with Crippen molar-refractivity contribution in [3.8, 4) is 0 Å². The molecule has 1 N–H and O–H groups in total. The predicted octanol–water partition coefficient (Wildman–Crippen LogP) is 1.79. The maximum atomic E-state index is 12.6. The molecular formula is C14H26N2O4. The summed E-state index contributed by atoms with van der Waals surface area (Å²) in [4.78, 5) is 26.7. The number of carbonyl (C=O) groups is 2. The fraction of sp³-hybridized carbons (Fsp3) is 0.857. The van der Waals surface area contributed by atoms with Crippen molar-refractivity contribution in [3.63, 3.8) is 0 Å². The van der Waals surface area contributed by atoms with Gasteiger partial charge in [-0.05, 0) is 34.1 Å². The minimum atomic E-state index is -0.824. The zero-order valence-electron chi connectivity index (χ0n) is 12.8. The topological polar surface area (TPSA) is 70.1 Å². The Morgan fingerprint density at radius 3 is 2.30 bits per heavy atom. The lowest BCUT2D eigenvalue weighted by molar-refractivity contribution is -0.137. The summed E-state index contributed by atoms with van der Waals surface area (Å²) in [7, 11) is 0. The molecular weight excluding hydrogens is 260 g/mol. The second-order valence-electron chi connectivity index (χ2n) is 5.73. The number of carboxylic acids is 1. The van der Waals surface area contributed by atoms with E-state index in [0.29, 0.717) is 26.1 Å². The average molecular weight is 286 g/mol. The predicted molar refractivity (Wildman–Crippen MR) is 75.7 cm³/mol. The van der Waals surface area contributed by atoms with Crippen LogP contribution >= 0.6 is 0 Å². The maximum absolute atomic E-state index is 12.6. The third-order valence-corrected chi connectivity index (χ3v) is 3.35. The van der Waals surface area contributed by atoms with Crippen LogP contribution in [0.15, 0.2) is 0 Å². The summed E-state index contributed by atoms with van der Waals surface area (Å²) in [6, 6.07) is 0.0390. The van der Waals surface area contributed by atoms with Gasteiger partial charge in [0.25, 0.3) is 0 Å². The van der Waals surface area contributed by atoms with Gasteiger partial charge >= 0.3 is 12.0 Å². The summed E-state index contributed by atoms with van der Waals surface area (Å²) in [5.74, 6) is -0.824. The molecule has 2 amide bonds. The van der Waals surface area contributed by atoms with Crippen LogP contribution in [0.4, 0.5) is 4.79 Å². The molecule has 0 spiro atoms. The lowest BCUT2D eigenvalue weighted by Gasteiger charge is -2.39. The first kappa shape index (κ1) is 16.8. The van der Waals surface area contributed by atoms with Crippen molar-refractivity contribution in [2.24, 2.45) is 0 Å². The summed E-state index contributed by atoms with van der Waals surface area (Å²) in [6.07, 6.45) is 0.646. The van der Waals surface area contributed by atoms with Crippen molar-refractivity contribution in [2.45, 2.75) is 58.8 Å². The number of urea groups is 1. The number of hydrogen-bond donors (Lipinski definition) is 1. The first-order valence-corrected chi connectivity index (χ1v) is 7.24. The second-order valence-corrected chi connectivity index (χ2v) is 5.73. The summed E-state index contributed by atoms with van der Waals surface area (Å²) < 4.78 is 5.63. The highest BCUT2D eigenvalue weighted by molar-refractivity contribution is 5.75. The van der Waals surface area contributed by atoms with E-state index in [1.807, 2.05) is 27.7 Å². The fourth-order valence-corrected chi connectivity index (χ4v) is 2.49. The molecule has 1 heterocycles. The van der Waals surface area contributed by atoms with Gasteiger partial charge in [0.15, 0.2) is 0 Å². The standard InChI is InChI=1S/C14H26N2O4/c1-10(2)16(7-5-6-13(17)18)14(19)15-8-11(3)20-12(4)9-15/h10-12H,5-9H2,1-4H3,(H,17,18)/t11-,12+. The molecule has 6 nitrogen and oxygen atoms in total. The van der Waals surface area contributed by atoms with E-state index in [4.69, 9.17) is 9.84 Å². The monoisotopic (exact) mass is 286 g/mol. The van der Waals surface area contributed by atoms with Gasteiger partial charge in [-0.1, -0.05) is 0 Å². The third kappa shape index (κ3) is 5.00. The molecule has 0 saturated carbocycles. The molecule has 1 aliphatic rings. The van der Waals surface area contributed by atoms with Crippen LogP contribution in [0.5, 0.6) is 0 Å². The van der Waals surface area contributed by atoms with Crippen molar-refractivity contribution >= 4 is 12.0 Å². The lowest BCUT2D eigenvalue weighted by atomic mass is 10.2. The smallest absolute Gasteiger partial charge is 0.320 e. The molecule has 1 rings (SSSR count). The van der Waals surface area contributed by atoms with Crippen molar-refractivity contribution in [1.29, 1.82) is 0 Å².